The number of hydrogen-bond acceptors (Lipinski definition) is 4. The van der Waals surface area contributed by atoms with Crippen molar-refractivity contribution in [3.05, 3.63) is 84.2 Å². The largest absolute Gasteiger partial charge is 0.466 e. The average molecular weight is 391 g/mol. The van der Waals surface area contributed by atoms with Gasteiger partial charge in [0.2, 0.25) is 5.91 Å². The van der Waals surface area contributed by atoms with Gasteiger partial charge in [0.05, 0.1) is 30.8 Å². The Hall–Kier alpha value is -3.41. The molecule has 1 heterocycles. The number of carbonyl (C=O) groups is 2. The Labute approximate surface area is 170 Å². The van der Waals surface area contributed by atoms with E-state index in [1.807, 2.05) is 66.9 Å². The normalized spacial score (nSPS) is 11.6. The van der Waals surface area contributed by atoms with Crippen LogP contribution in [0.2, 0.25) is 0 Å². The monoisotopic (exact) mass is 391 g/mol. The topological polar surface area (TPSA) is 73.2 Å². The molecule has 1 amide bonds. The highest BCUT2D eigenvalue weighted by atomic mass is 16.5. The molecule has 2 aromatic carbocycles. The maximum atomic E-state index is 12.4. The van der Waals surface area contributed by atoms with Crippen LogP contribution in [0.3, 0.4) is 0 Å². The maximum absolute atomic E-state index is 12.4. The summed E-state index contributed by atoms with van der Waals surface area (Å²) < 4.78 is 6.91. The van der Waals surface area contributed by atoms with E-state index in [-0.39, 0.29) is 24.8 Å². The number of carbonyl (C=O) groups excluding carboxylic acids is 2. The van der Waals surface area contributed by atoms with Crippen molar-refractivity contribution in [2.45, 2.75) is 19.8 Å². The van der Waals surface area contributed by atoms with E-state index in [1.54, 1.807) is 17.8 Å². The highest BCUT2D eigenvalue weighted by Crippen LogP contribution is 2.11. The lowest BCUT2D eigenvalue weighted by molar-refractivity contribution is -0.147. The highest BCUT2D eigenvalue weighted by Gasteiger charge is 2.21. The number of rotatable bonds is 9. The van der Waals surface area contributed by atoms with Crippen LogP contribution in [-0.2, 0) is 27.2 Å². The summed E-state index contributed by atoms with van der Waals surface area (Å²) in [7, 11) is 0. The molecule has 0 aliphatic heterocycles. The van der Waals surface area contributed by atoms with E-state index in [4.69, 9.17) is 4.74 Å². The molecule has 0 aliphatic rings. The summed E-state index contributed by atoms with van der Waals surface area (Å²) in [6.07, 6.45) is 4.24. The molecule has 0 aliphatic carbocycles. The number of esters is 1. The number of nitrogens with one attached hydrogen (secondary N) is 1. The van der Waals surface area contributed by atoms with Crippen molar-refractivity contribution in [1.29, 1.82) is 0 Å². The van der Waals surface area contributed by atoms with E-state index in [0.717, 1.165) is 16.8 Å². The Morgan fingerprint density at radius 2 is 1.72 bits per heavy atom. The van der Waals surface area contributed by atoms with Crippen molar-refractivity contribution < 1.29 is 14.3 Å². The third kappa shape index (κ3) is 6.04. The van der Waals surface area contributed by atoms with Crippen molar-refractivity contribution in [3.63, 3.8) is 0 Å². The van der Waals surface area contributed by atoms with Crippen LogP contribution < -0.4 is 5.32 Å². The van der Waals surface area contributed by atoms with Gasteiger partial charge in [0, 0.05) is 12.7 Å². The third-order valence-corrected chi connectivity index (χ3v) is 4.51. The van der Waals surface area contributed by atoms with Gasteiger partial charge in [0.25, 0.3) is 0 Å². The summed E-state index contributed by atoms with van der Waals surface area (Å²) >= 11 is 0. The molecule has 3 aromatic rings. The molecule has 3 rings (SSSR count). The van der Waals surface area contributed by atoms with E-state index in [9.17, 15) is 9.59 Å². The molecule has 0 fully saturated rings. The van der Waals surface area contributed by atoms with E-state index in [0.29, 0.717) is 13.0 Å². The van der Waals surface area contributed by atoms with Crippen LogP contribution in [0, 0.1) is 5.92 Å². The van der Waals surface area contributed by atoms with Crippen LogP contribution in [0.25, 0.3) is 5.69 Å². The molecular weight excluding hydrogens is 366 g/mol. The quantitative estimate of drug-likeness (QED) is 0.569. The first-order valence-electron chi connectivity index (χ1n) is 9.72. The van der Waals surface area contributed by atoms with Gasteiger partial charge in [-0.1, -0.05) is 48.5 Å². The van der Waals surface area contributed by atoms with E-state index in [2.05, 4.69) is 10.4 Å². The van der Waals surface area contributed by atoms with Crippen LogP contribution in [0.4, 0.5) is 0 Å². The maximum Gasteiger partial charge on any atom is 0.311 e. The van der Waals surface area contributed by atoms with E-state index in [1.165, 1.54) is 0 Å². The summed E-state index contributed by atoms with van der Waals surface area (Å²) in [5.74, 6) is -0.873. The third-order valence-electron chi connectivity index (χ3n) is 4.51. The second-order valence-electron chi connectivity index (χ2n) is 6.75. The minimum Gasteiger partial charge on any atom is -0.466 e. The molecule has 6 nitrogen and oxygen atoms in total. The Morgan fingerprint density at radius 3 is 2.41 bits per heavy atom. The molecule has 6 heteroatoms. The minimum atomic E-state index is -0.423. The number of aromatic nitrogens is 2. The second kappa shape index (κ2) is 10.2. The summed E-state index contributed by atoms with van der Waals surface area (Å²) in [5, 5.41) is 7.17. The lowest BCUT2D eigenvalue weighted by Crippen LogP contribution is -2.35. The number of amides is 1. The Kier molecular flexibility index (Phi) is 7.16. The van der Waals surface area contributed by atoms with Gasteiger partial charge in [0.1, 0.15) is 0 Å². The van der Waals surface area contributed by atoms with Gasteiger partial charge in [-0.25, -0.2) is 4.68 Å². The summed E-state index contributed by atoms with van der Waals surface area (Å²) in [6, 6.07) is 19.4. The number of ether oxygens (including phenoxy) is 1. The van der Waals surface area contributed by atoms with Gasteiger partial charge in [-0.15, -0.1) is 0 Å². The van der Waals surface area contributed by atoms with Gasteiger partial charge >= 0.3 is 5.97 Å². The molecular formula is C23H25N3O3. The molecule has 1 N–H and O–H groups in total. The van der Waals surface area contributed by atoms with Crippen molar-refractivity contribution >= 4 is 11.9 Å². The molecule has 0 radical (unpaired) electrons. The molecule has 0 saturated heterocycles. The van der Waals surface area contributed by atoms with E-state index >= 15 is 0 Å². The lowest BCUT2D eigenvalue weighted by Gasteiger charge is -2.16. The predicted octanol–water partition coefficient (Wildman–Crippen LogP) is 2.95. The minimum absolute atomic E-state index is 0.153. The first-order valence-corrected chi connectivity index (χ1v) is 9.72. The average Bonchev–Trinajstić information content (AvgIpc) is 3.21. The van der Waals surface area contributed by atoms with Gasteiger partial charge in [-0.05, 0) is 36.6 Å². The van der Waals surface area contributed by atoms with Crippen molar-refractivity contribution in [3.8, 4) is 5.69 Å². The first kappa shape index (κ1) is 20.3. The van der Waals surface area contributed by atoms with Crippen LogP contribution in [-0.4, -0.2) is 34.8 Å². The lowest BCUT2D eigenvalue weighted by atomic mass is 9.99. The van der Waals surface area contributed by atoms with E-state index < -0.39 is 5.92 Å². The van der Waals surface area contributed by atoms with Gasteiger partial charge in [-0.2, -0.15) is 5.10 Å². The molecule has 150 valence electrons. The van der Waals surface area contributed by atoms with Crippen LogP contribution in [0.5, 0.6) is 0 Å². The molecule has 1 unspecified atom stereocenters. The molecule has 1 aromatic heterocycles. The predicted molar refractivity (Wildman–Crippen MR) is 111 cm³/mol. The van der Waals surface area contributed by atoms with Gasteiger partial charge in [-0.3, -0.25) is 9.59 Å². The number of nitrogens with zero attached hydrogens (tertiary/aromatic N) is 2. The summed E-state index contributed by atoms with van der Waals surface area (Å²) in [5.41, 5.74) is 2.77. The zero-order valence-corrected chi connectivity index (χ0v) is 16.5. The molecule has 0 saturated carbocycles. The Balaban J connectivity index is 1.57. The number of para-hydroxylation sites is 1. The standard InChI is InChI=1S/C23H25N3O3/c1-2-29-23(28)20(13-18-9-5-3-6-10-18)16-24-22(27)14-19-15-25-26(17-19)21-11-7-4-8-12-21/h3-12,15,17,20H,2,13-14,16H2,1H3,(H,24,27). The SMILES string of the molecule is CCOC(=O)C(CNC(=O)Cc1cnn(-c2ccccc2)c1)Cc1ccccc1. The summed E-state index contributed by atoms with van der Waals surface area (Å²) in [6.45, 7) is 2.33. The van der Waals surface area contributed by atoms with Gasteiger partial charge in [0.15, 0.2) is 0 Å². The smallest absolute Gasteiger partial charge is 0.311 e. The fraction of sp³-hybridized carbons (Fsp3) is 0.261. The van der Waals surface area contributed by atoms with Crippen LogP contribution in [0.1, 0.15) is 18.1 Å². The Bertz CT molecular complexity index is 923. The fourth-order valence-electron chi connectivity index (χ4n) is 3.06. The molecule has 1 atom stereocenters. The number of hydrogen-bond donors (Lipinski definition) is 1. The Morgan fingerprint density at radius 1 is 1.03 bits per heavy atom. The van der Waals surface area contributed by atoms with Crippen LogP contribution >= 0.6 is 0 Å². The van der Waals surface area contributed by atoms with Crippen molar-refractivity contribution in [2.75, 3.05) is 13.2 Å². The zero-order chi connectivity index (χ0) is 20.5. The zero-order valence-electron chi connectivity index (χ0n) is 16.5. The first-order chi connectivity index (χ1) is 14.2. The van der Waals surface area contributed by atoms with Crippen LogP contribution in [0.15, 0.2) is 73.1 Å². The van der Waals surface area contributed by atoms with Crippen molar-refractivity contribution in [1.82, 2.24) is 15.1 Å². The highest BCUT2D eigenvalue weighted by molar-refractivity contribution is 5.79. The van der Waals surface area contributed by atoms with Gasteiger partial charge < -0.3 is 10.1 Å². The summed E-state index contributed by atoms with van der Waals surface area (Å²) in [4.78, 5) is 24.7. The van der Waals surface area contributed by atoms with Crippen molar-refractivity contribution in [2.24, 2.45) is 5.92 Å². The molecule has 0 spiro atoms. The second-order valence-corrected chi connectivity index (χ2v) is 6.75. The number of benzene rings is 2. The molecule has 0 bridgehead atoms. The molecule has 29 heavy (non-hydrogen) atoms. The fourth-order valence-corrected chi connectivity index (χ4v) is 3.06.